The van der Waals surface area contributed by atoms with Crippen LogP contribution in [0.3, 0.4) is 0 Å². The van der Waals surface area contributed by atoms with Gasteiger partial charge < -0.3 is 5.73 Å². The molecule has 2 N–H and O–H groups in total. The maximum Gasteiger partial charge on any atom is 0.0896 e. The van der Waals surface area contributed by atoms with E-state index in [0.29, 0.717) is 5.92 Å². The van der Waals surface area contributed by atoms with Crippen LogP contribution in [0.5, 0.6) is 0 Å². The molecule has 1 aromatic heterocycles. The van der Waals surface area contributed by atoms with Crippen LogP contribution in [0.25, 0.3) is 0 Å². The summed E-state index contributed by atoms with van der Waals surface area (Å²) in [4.78, 5) is 5.55. The van der Waals surface area contributed by atoms with Gasteiger partial charge in [-0.25, -0.2) is 4.98 Å². The van der Waals surface area contributed by atoms with Crippen molar-refractivity contribution < 1.29 is 0 Å². The van der Waals surface area contributed by atoms with Gasteiger partial charge in [0.15, 0.2) is 0 Å². The number of aromatic nitrogens is 1. The second kappa shape index (κ2) is 4.01. The second-order valence-electron chi connectivity index (χ2n) is 3.39. The van der Waals surface area contributed by atoms with Crippen molar-refractivity contribution in [3.63, 3.8) is 0 Å². The summed E-state index contributed by atoms with van der Waals surface area (Å²) in [5, 5.41) is 1.14. The lowest BCUT2D eigenvalue weighted by Crippen LogP contribution is -2.25. The van der Waals surface area contributed by atoms with Crippen LogP contribution in [0, 0.1) is 12.8 Å². The number of hydrogen-bond acceptors (Lipinski definition) is 3. The van der Waals surface area contributed by atoms with Crippen molar-refractivity contribution in [3.8, 4) is 0 Å². The fraction of sp³-hybridized carbons (Fsp3) is 0.667. The van der Waals surface area contributed by atoms with E-state index >= 15 is 0 Å². The highest BCUT2D eigenvalue weighted by Crippen LogP contribution is 2.17. The van der Waals surface area contributed by atoms with Gasteiger partial charge in [-0.2, -0.15) is 0 Å². The van der Waals surface area contributed by atoms with Crippen LogP contribution in [0.1, 0.15) is 23.7 Å². The molecule has 1 aromatic rings. The van der Waals surface area contributed by atoms with Gasteiger partial charge in [0, 0.05) is 17.1 Å². The molecule has 12 heavy (non-hydrogen) atoms. The minimum absolute atomic E-state index is 0.271. The number of nitrogens with zero attached hydrogens (tertiary/aromatic N) is 1. The highest BCUT2D eigenvalue weighted by Gasteiger charge is 2.09. The number of thiazole rings is 1. The van der Waals surface area contributed by atoms with Crippen LogP contribution < -0.4 is 5.73 Å². The molecule has 0 saturated carbocycles. The second-order valence-corrected chi connectivity index (χ2v) is 4.71. The van der Waals surface area contributed by atoms with Crippen LogP contribution in [-0.4, -0.2) is 11.0 Å². The molecule has 0 spiro atoms. The average molecular weight is 184 g/mol. The van der Waals surface area contributed by atoms with Crippen molar-refractivity contribution in [1.82, 2.24) is 4.98 Å². The molecule has 3 heteroatoms. The lowest BCUT2D eigenvalue weighted by Gasteiger charge is -2.13. The van der Waals surface area contributed by atoms with Gasteiger partial charge in [0.1, 0.15) is 0 Å². The summed E-state index contributed by atoms with van der Waals surface area (Å²) >= 11 is 1.77. The van der Waals surface area contributed by atoms with Crippen molar-refractivity contribution in [3.05, 3.63) is 16.1 Å². The number of hydrogen-bond donors (Lipinski definition) is 1. The topological polar surface area (TPSA) is 38.9 Å². The fourth-order valence-corrected chi connectivity index (χ4v) is 1.94. The van der Waals surface area contributed by atoms with Crippen LogP contribution in [-0.2, 0) is 6.42 Å². The third-order valence-electron chi connectivity index (χ3n) is 2.09. The van der Waals surface area contributed by atoms with Crippen LogP contribution >= 0.6 is 11.3 Å². The summed E-state index contributed by atoms with van der Waals surface area (Å²) in [5.41, 5.74) is 5.77. The van der Waals surface area contributed by atoms with Crippen molar-refractivity contribution in [2.75, 3.05) is 0 Å². The van der Waals surface area contributed by atoms with Gasteiger partial charge in [0.25, 0.3) is 0 Å². The minimum Gasteiger partial charge on any atom is -0.328 e. The molecule has 0 fully saturated rings. The quantitative estimate of drug-likeness (QED) is 0.780. The van der Waals surface area contributed by atoms with Gasteiger partial charge in [0.2, 0.25) is 0 Å². The first-order chi connectivity index (χ1) is 5.59. The summed E-state index contributed by atoms with van der Waals surface area (Å²) in [6, 6.07) is 0.271. The van der Waals surface area contributed by atoms with Crippen LogP contribution in [0.2, 0.25) is 0 Å². The zero-order valence-corrected chi connectivity index (χ0v) is 8.69. The summed E-state index contributed by atoms with van der Waals surface area (Å²) in [6.45, 7) is 6.27. The molecule has 0 aliphatic carbocycles. The highest BCUT2D eigenvalue weighted by molar-refractivity contribution is 7.11. The van der Waals surface area contributed by atoms with Gasteiger partial charge in [0.05, 0.1) is 5.01 Å². The Bertz CT molecular complexity index is 242. The van der Waals surface area contributed by atoms with Crippen LogP contribution in [0.4, 0.5) is 0 Å². The molecule has 0 amide bonds. The molecule has 0 bridgehead atoms. The minimum atomic E-state index is 0.271. The predicted molar refractivity (Wildman–Crippen MR) is 53.4 cm³/mol. The van der Waals surface area contributed by atoms with Gasteiger partial charge in [-0.1, -0.05) is 6.92 Å². The summed E-state index contributed by atoms with van der Waals surface area (Å²) in [6.07, 6.45) is 3.02. The van der Waals surface area contributed by atoms with Crippen LogP contribution in [0.15, 0.2) is 6.20 Å². The maximum atomic E-state index is 5.77. The zero-order chi connectivity index (χ0) is 9.14. The molecular formula is C9H16N2S. The lowest BCUT2D eigenvalue weighted by atomic mass is 10.0. The van der Waals surface area contributed by atoms with Gasteiger partial charge >= 0.3 is 0 Å². The summed E-state index contributed by atoms with van der Waals surface area (Å²) < 4.78 is 0. The molecule has 0 saturated heterocycles. The third kappa shape index (κ3) is 2.57. The molecule has 0 aliphatic heterocycles. The van der Waals surface area contributed by atoms with E-state index in [1.165, 1.54) is 4.88 Å². The summed E-state index contributed by atoms with van der Waals surface area (Å²) in [5.74, 6) is 0.546. The van der Waals surface area contributed by atoms with Crippen molar-refractivity contribution in [2.45, 2.75) is 33.2 Å². The van der Waals surface area contributed by atoms with E-state index in [9.17, 15) is 0 Å². The molecule has 2 unspecified atom stereocenters. The van der Waals surface area contributed by atoms with Crippen molar-refractivity contribution in [2.24, 2.45) is 11.7 Å². The van der Waals surface area contributed by atoms with E-state index in [0.717, 1.165) is 11.4 Å². The lowest BCUT2D eigenvalue weighted by molar-refractivity contribution is 0.484. The maximum absolute atomic E-state index is 5.77. The molecule has 0 aliphatic rings. The van der Waals surface area contributed by atoms with Gasteiger partial charge in [-0.3, -0.25) is 0 Å². The molecular weight excluding hydrogens is 168 g/mol. The molecule has 0 radical (unpaired) electrons. The van der Waals surface area contributed by atoms with E-state index in [4.69, 9.17) is 5.73 Å². The Morgan fingerprint density at radius 3 is 2.67 bits per heavy atom. The van der Waals surface area contributed by atoms with Gasteiger partial charge in [-0.15, -0.1) is 11.3 Å². The Kier molecular flexibility index (Phi) is 3.23. The van der Waals surface area contributed by atoms with E-state index in [-0.39, 0.29) is 6.04 Å². The van der Waals surface area contributed by atoms with Crippen molar-refractivity contribution >= 4 is 11.3 Å². The molecule has 0 aromatic carbocycles. The fourth-order valence-electron chi connectivity index (χ4n) is 1.00. The van der Waals surface area contributed by atoms with E-state index in [1.54, 1.807) is 11.3 Å². The summed E-state index contributed by atoms with van der Waals surface area (Å²) in [7, 11) is 0. The molecule has 2 atom stereocenters. The first-order valence-electron chi connectivity index (χ1n) is 4.26. The molecule has 68 valence electrons. The predicted octanol–water partition coefficient (Wildman–Crippen LogP) is 1.98. The number of aryl methyl sites for hydroxylation is 1. The monoisotopic (exact) mass is 184 g/mol. The van der Waals surface area contributed by atoms with Gasteiger partial charge in [-0.05, 0) is 26.2 Å². The number of nitrogens with two attached hydrogens (primary N) is 1. The van der Waals surface area contributed by atoms with E-state index < -0.39 is 0 Å². The zero-order valence-electron chi connectivity index (χ0n) is 7.87. The Balaban J connectivity index is 2.52. The Hall–Kier alpha value is -0.410. The smallest absolute Gasteiger partial charge is 0.0896 e. The highest BCUT2D eigenvalue weighted by atomic mass is 32.1. The first-order valence-corrected chi connectivity index (χ1v) is 5.08. The third-order valence-corrected chi connectivity index (χ3v) is 3.02. The Morgan fingerprint density at radius 1 is 1.58 bits per heavy atom. The average Bonchev–Trinajstić information content (AvgIpc) is 2.35. The largest absolute Gasteiger partial charge is 0.328 e. The van der Waals surface area contributed by atoms with E-state index in [1.807, 2.05) is 13.1 Å². The Labute approximate surface area is 77.8 Å². The SMILES string of the molecule is Cc1ncc(CC(C)C(C)N)s1. The number of rotatable bonds is 3. The molecule has 1 heterocycles. The molecule has 2 nitrogen and oxygen atoms in total. The molecule has 1 rings (SSSR count). The van der Waals surface area contributed by atoms with E-state index in [2.05, 4.69) is 18.8 Å². The standard InChI is InChI=1S/C9H16N2S/c1-6(7(2)10)4-9-5-11-8(3)12-9/h5-7H,4,10H2,1-3H3. The normalized spacial score (nSPS) is 16.0. The van der Waals surface area contributed by atoms with Crippen molar-refractivity contribution in [1.29, 1.82) is 0 Å². The Morgan fingerprint density at radius 2 is 2.25 bits per heavy atom. The first kappa shape index (κ1) is 9.68.